The van der Waals surface area contributed by atoms with Crippen LogP contribution in [0.1, 0.15) is 28.8 Å². The monoisotopic (exact) mass is 337 g/mol. The second-order valence-electron chi connectivity index (χ2n) is 4.38. The van der Waals surface area contributed by atoms with Crippen LogP contribution in [0.15, 0.2) is 16.7 Å². The number of nitrogens with zero attached hydrogens (tertiary/aromatic N) is 3. The van der Waals surface area contributed by atoms with Crippen LogP contribution in [0.2, 0.25) is 0 Å². The molecule has 1 amide bonds. The molecule has 3 N–H and O–H groups in total. The molecular weight excluding hydrogens is 322 g/mol. The van der Waals surface area contributed by atoms with Crippen molar-refractivity contribution < 1.29 is 4.79 Å². The van der Waals surface area contributed by atoms with Crippen molar-refractivity contribution in [3.05, 3.63) is 33.8 Å². The number of nitrogens with one attached hydrogen (secondary N) is 1. The summed E-state index contributed by atoms with van der Waals surface area (Å²) in [4.78, 5) is 16.6. The Kier molecular flexibility index (Phi) is 4.08. The van der Waals surface area contributed by atoms with Crippen molar-refractivity contribution in [2.75, 3.05) is 11.1 Å². The van der Waals surface area contributed by atoms with Crippen LogP contribution in [0.3, 0.4) is 0 Å². The molecule has 7 heteroatoms. The van der Waals surface area contributed by atoms with E-state index in [1.54, 1.807) is 23.7 Å². The Hall–Kier alpha value is -1.89. The quantitative estimate of drug-likeness (QED) is 0.842. The Balaban J connectivity index is 2.33. The minimum absolute atomic E-state index is 0.280. The number of rotatable bonds is 3. The lowest BCUT2D eigenvalue weighted by Gasteiger charge is -2.09. The summed E-state index contributed by atoms with van der Waals surface area (Å²) in [6, 6.07) is 3.56. The lowest BCUT2D eigenvalue weighted by atomic mass is 10.2. The minimum Gasteiger partial charge on any atom is -0.395 e. The number of anilines is 2. The summed E-state index contributed by atoms with van der Waals surface area (Å²) < 4.78 is 2.32. The average molecular weight is 338 g/mol. The summed E-state index contributed by atoms with van der Waals surface area (Å²) in [7, 11) is 0. The zero-order valence-corrected chi connectivity index (χ0v) is 13.2. The zero-order chi connectivity index (χ0) is 14.9. The van der Waals surface area contributed by atoms with Gasteiger partial charge in [-0.3, -0.25) is 9.48 Å². The molecule has 0 atom stereocenters. The van der Waals surface area contributed by atoms with Crippen molar-refractivity contribution in [2.24, 2.45) is 0 Å². The van der Waals surface area contributed by atoms with Gasteiger partial charge in [0.25, 0.3) is 5.91 Å². The highest BCUT2D eigenvalue weighted by molar-refractivity contribution is 9.10. The molecule has 6 nitrogen and oxygen atoms in total. The number of nitrogen functional groups attached to an aromatic ring is 1. The first kappa shape index (κ1) is 14.5. The molecule has 0 aliphatic rings. The van der Waals surface area contributed by atoms with E-state index in [1.165, 1.54) is 0 Å². The van der Waals surface area contributed by atoms with Gasteiger partial charge < -0.3 is 11.1 Å². The van der Waals surface area contributed by atoms with E-state index in [2.05, 4.69) is 31.3 Å². The summed E-state index contributed by atoms with van der Waals surface area (Å²) in [5.41, 5.74) is 8.75. The van der Waals surface area contributed by atoms with Crippen LogP contribution in [-0.4, -0.2) is 20.7 Å². The second kappa shape index (κ2) is 5.62. The van der Waals surface area contributed by atoms with Gasteiger partial charge in [-0.15, -0.1) is 0 Å². The van der Waals surface area contributed by atoms with Crippen molar-refractivity contribution in [2.45, 2.75) is 27.3 Å². The SMILES string of the molecule is CCn1nc(C)c(N)c1C(=O)Nc1ccc(Br)nc1C. The van der Waals surface area contributed by atoms with Gasteiger partial charge in [0.05, 0.1) is 22.8 Å². The van der Waals surface area contributed by atoms with E-state index in [1.807, 2.05) is 13.8 Å². The number of amides is 1. The first-order valence-electron chi connectivity index (χ1n) is 6.21. The standard InChI is InChI=1S/C13H16BrN5O/c1-4-19-12(11(15)8(3)18-19)13(20)17-9-5-6-10(14)16-7(9)2/h5-6H,4,15H2,1-3H3,(H,17,20). The maximum atomic E-state index is 12.4. The summed E-state index contributed by atoms with van der Waals surface area (Å²) in [5, 5.41) is 7.06. The zero-order valence-electron chi connectivity index (χ0n) is 11.6. The number of pyridine rings is 1. The number of carbonyl (C=O) groups is 1. The van der Waals surface area contributed by atoms with Crippen LogP contribution in [0.25, 0.3) is 0 Å². The highest BCUT2D eigenvalue weighted by Crippen LogP contribution is 2.20. The van der Waals surface area contributed by atoms with Crippen molar-refractivity contribution in [1.29, 1.82) is 0 Å². The van der Waals surface area contributed by atoms with Gasteiger partial charge in [0.1, 0.15) is 10.3 Å². The third-order valence-corrected chi connectivity index (χ3v) is 3.43. The topological polar surface area (TPSA) is 85.8 Å². The Labute approximate surface area is 125 Å². The van der Waals surface area contributed by atoms with Crippen LogP contribution >= 0.6 is 15.9 Å². The van der Waals surface area contributed by atoms with E-state index < -0.39 is 0 Å². The maximum absolute atomic E-state index is 12.4. The molecule has 0 aliphatic carbocycles. The number of aromatic nitrogens is 3. The van der Waals surface area contributed by atoms with Crippen molar-refractivity contribution in [1.82, 2.24) is 14.8 Å². The van der Waals surface area contributed by atoms with Crippen molar-refractivity contribution in [3.63, 3.8) is 0 Å². The highest BCUT2D eigenvalue weighted by atomic mass is 79.9. The maximum Gasteiger partial charge on any atom is 0.276 e. The molecule has 20 heavy (non-hydrogen) atoms. The lowest BCUT2D eigenvalue weighted by Crippen LogP contribution is -2.19. The molecule has 0 saturated carbocycles. The Morgan fingerprint density at radius 3 is 2.70 bits per heavy atom. The van der Waals surface area contributed by atoms with Crippen LogP contribution in [0.5, 0.6) is 0 Å². The predicted molar refractivity (Wildman–Crippen MR) is 81.7 cm³/mol. The molecule has 0 unspecified atom stereocenters. The molecule has 0 spiro atoms. The van der Waals surface area contributed by atoms with Crippen molar-refractivity contribution >= 4 is 33.2 Å². The fourth-order valence-corrected chi connectivity index (χ4v) is 2.31. The largest absolute Gasteiger partial charge is 0.395 e. The molecule has 0 radical (unpaired) electrons. The van der Waals surface area contributed by atoms with Crippen LogP contribution in [0, 0.1) is 13.8 Å². The summed E-state index contributed by atoms with van der Waals surface area (Å²) >= 11 is 3.29. The van der Waals surface area contributed by atoms with Crippen LogP contribution in [0.4, 0.5) is 11.4 Å². The third-order valence-electron chi connectivity index (χ3n) is 2.99. The molecule has 106 valence electrons. The second-order valence-corrected chi connectivity index (χ2v) is 5.20. The van der Waals surface area contributed by atoms with Gasteiger partial charge in [0.2, 0.25) is 0 Å². The minimum atomic E-state index is -0.280. The molecule has 0 aliphatic heterocycles. The number of nitrogens with two attached hydrogens (primary N) is 1. The first-order valence-corrected chi connectivity index (χ1v) is 7.00. The molecule has 0 saturated heterocycles. The molecule has 2 rings (SSSR count). The van der Waals surface area contributed by atoms with Gasteiger partial charge in [-0.05, 0) is 48.8 Å². The van der Waals surface area contributed by atoms with E-state index in [0.29, 0.717) is 29.3 Å². The normalized spacial score (nSPS) is 10.6. The number of hydrogen-bond acceptors (Lipinski definition) is 4. The van der Waals surface area contributed by atoms with E-state index in [4.69, 9.17) is 5.73 Å². The summed E-state index contributed by atoms with van der Waals surface area (Å²) in [6.07, 6.45) is 0. The Morgan fingerprint density at radius 1 is 1.40 bits per heavy atom. The van der Waals surface area contributed by atoms with E-state index in [0.717, 1.165) is 10.3 Å². The molecule has 0 fully saturated rings. The fraction of sp³-hybridized carbons (Fsp3) is 0.308. The smallest absolute Gasteiger partial charge is 0.276 e. The molecule has 2 heterocycles. The van der Waals surface area contributed by atoms with Gasteiger partial charge in [0.15, 0.2) is 0 Å². The molecule has 0 bridgehead atoms. The van der Waals surface area contributed by atoms with Gasteiger partial charge >= 0.3 is 0 Å². The Morgan fingerprint density at radius 2 is 2.10 bits per heavy atom. The average Bonchev–Trinajstić information content (AvgIpc) is 2.68. The summed E-state index contributed by atoms with van der Waals surface area (Å²) in [5.74, 6) is -0.280. The number of hydrogen-bond donors (Lipinski definition) is 2. The number of carbonyl (C=O) groups excluding carboxylic acids is 1. The van der Waals surface area contributed by atoms with Gasteiger partial charge in [-0.1, -0.05) is 0 Å². The van der Waals surface area contributed by atoms with Crippen molar-refractivity contribution in [3.8, 4) is 0 Å². The van der Waals surface area contributed by atoms with Crippen LogP contribution < -0.4 is 11.1 Å². The fourth-order valence-electron chi connectivity index (χ4n) is 1.91. The summed E-state index contributed by atoms with van der Waals surface area (Å²) in [6.45, 7) is 6.10. The molecule has 0 aromatic carbocycles. The number of halogens is 1. The third kappa shape index (κ3) is 2.67. The van der Waals surface area contributed by atoms with Gasteiger partial charge in [-0.2, -0.15) is 5.10 Å². The lowest BCUT2D eigenvalue weighted by molar-refractivity contribution is 0.101. The first-order chi connectivity index (χ1) is 9.43. The molecule has 2 aromatic heterocycles. The van der Waals surface area contributed by atoms with E-state index >= 15 is 0 Å². The highest BCUT2D eigenvalue weighted by Gasteiger charge is 2.19. The molecule has 2 aromatic rings. The van der Waals surface area contributed by atoms with Gasteiger partial charge in [-0.25, -0.2) is 4.98 Å². The predicted octanol–water partition coefficient (Wildman–Crippen LogP) is 2.51. The van der Waals surface area contributed by atoms with Gasteiger partial charge in [0, 0.05) is 6.54 Å². The van der Waals surface area contributed by atoms with E-state index in [9.17, 15) is 4.79 Å². The number of aryl methyl sites for hydroxylation is 3. The van der Waals surface area contributed by atoms with E-state index in [-0.39, 0.29) is 5.91 Å². The van der Waals surface area contributed by atoms with Crippen LogP contribution in [-0.2, 0) is 6.54 Å². The Bertz CT molecular complexity index is 665. The molecular formula is C13H16BrN5O.